The number of nitrogens with zero attached hydrogens (tertiary/aromatic N) is 3. The lowest BCUT2D eigenvalue weighted by Crippen LogP contribution is -2.63. The summed E-state index contributed by atoms with van der Waals surface area (Å²) in [5.41, 5.74) is 0.906. The second-order valence-electron chi connectivity index (χ2n) is 6.02. The Hall–Kier alpha value is -1.66. The second-order valence-corrected chi connectivity index (χ2v) is 6.02. The Balaban J connectivity index is 1.66. The van der Waals surface area contributed by atoms with Crippen LogP contribution in [0.4, 0.5) is 4.39 Å². The van der Waals surface area contributed by atoms with Crippen LogP contribution in [0.25, 0.3) is 0 Å². The molecule has 0 radical (unpaired) electrons. The predicted octanol–water partition coefficient (Wildman–Crippen LogP) is 0.793. The molecule has 0 aliphatic carbocycles. The number of carbonyl (C=O) groups excluding carboxylic acids is 1. The van der Waals surface area contributed by atoms with Crippen molar-refractivity contribution in [1.29, 1.82) is 0 Å². The number of hydrogen-bond acceptors (Lipinski definition) is 4. The zero-order valence-corrected chi connectivity index (χ0v) is 13.1. The molecule has 1 aromatic carbocycles. The van der Waals surface area contributed by atoms with E-state index in [1.807, 2.05) is 13.1 Å². The van der Waals surface area contributed by atoms with Crippen molar-refractivity contribution in [2.24, 2.45) is 0 Å². The van der Waals surface area contributed by atoms with Gasteiger partial charge in [-0.25, -0.2) is 4.39 Å². The first-order valence-corrected chi connectivity index (χ1v) is 7.62. The lowest BCUT2D eigenvalue weighted by Gasteiger charge is -2.45. The van der Waals surface area contributed by atoms with Crippen molar-refractivity contribution in [3.8, 4) is 5.75 Å². The third-order valence-electron chi connectivity index (χ3n) is 4.58. The average Bonchev–Trinajstić information content (AvgIpc) is 2.52. The third-order valence-corrected chi connectivity index (χ3v) is 4.58. The third kappa shape index (κ3) is 2.94. The van der Waals surface area contributed by atoms with Crippen LogP contribution in [-0.2, 0) is 11.3 Å². The van der Waals surface area contributed by atoms with E-state index in [9.17, 15) is 9.18 Å². The molecule has 120 valence electrons. The van der Waals surface area contributed by atoms with Crippen molar-refractivity contribution in [3.05, 3.63) is 29.6 Å². The van der Waals surface area contributed by atoms with E-state index < -0.39 is 0 Å². The number of halogens is 1. The maximum absolute atomic E-state index is 13.8. The minimum Gasteiger partial charge on any atom is -0.494 e. The second kappa shape index (κ2) is 6.22. The largest absolute Gasteiger partial charge is 0.494 e. The van der Waals surface area contributed by atoms with Crippen LogP contribution in [0.2, 0.25) is 0 Å². The molecule has 0 aromatic heterocycles. The van der Waals surface area contributed by atoms with Gasteiger partial charge >= 0.3 is 0 Å². The Morgan fingerprint density at radius 3 is 2.77 bits per heavy atom. The number of piperazine rings is 2. The number of carbonyl (C=O) groups is 1. The van der Waals surface area contributed by atoms with Gasteiger partial charge in [-0.1, -0.05) is 6.07 Å². The molecule has 0 N–H and O–H groups in total. The van der Waals surface area contributed by atoms with Crippen molar-refractivity contribution >= 4 is 5.91 Å². The minimum atomic E-state index is -0.341. The first-order chi connectivity index (χ1) is 10.6. The summed E-state index contributed by atoms with van der Waals surface area (Å²) in [7, 11) is 3.32. The summed E-state index contributed by atoms with van der Waals surface area (Å²) in [4.78, 5) is 18.6. The molecule has 2 aliphatic heterocycles. The predicted molar refractivity (Wildman–Crippen MR) is 81.2 cm³/mol. The molecule has 1 amide bonds. The average molecular weight is 307 g/mol. The van der Waals surface area contributed by atoms with E-state index >= 15 is 0 Å². The number of fused-ring (bicyclic) bond motifs is 1. The molecule has 1 aromatic rings. The molecule has 2 fully saturated rings. The molecular weight excluding hydrogens is 285 g/mol. The Labute approximate surface area is 130 Å². The molecule has 0 spiro atoms. The first kappa shape index (κ1) is 15.2. The van der Waals surface area contributed by atoms with Crippen LogP contribution >= 0.6 is 0 Å². The van der Waals surface area contributed by atoms with Crippen LogP contribution in [0, 0.1) is 5.82 Å². The molecule has 6 heteroatoms. The highest BCUT2D eigenvalue weighted by Gasteiger charge is 2.37. The van der Waals surface area contributed by atoms with Crippen LogP contribution in [-0.4, -0.2) is 73.5 Å². The fourth-order valence-electron chi connectivity index (χ4n) is 3.23. The zero-order valence-electron chi connectivity index (χ0n) is 13.1. The molecule has 2 saturated heterocycles. The van der Waals surface area contributed by atoms with Crippen molar-refractivity contribution in [2.45, 2.75) is 12.6 Å². The molecule has 0 bridgehead atoms. The Bertz CT molecular complexity index is 566. The fraction of sp³-hybridized carbons (Fsp3) is 0.562. The van der Waals surface area contributed by atoms with Gasteiger partial charge in [0.15, 0.2) is 11.6 Å². The molecular formula is C16H22FN3O2. The van der Waals surface area contributed by atoms with Gasteiger partial charge < -0.3 is 9.64 Å². The minimum absolute atomic E-state index is 0.0596. The fourth-order valence-corrected chi connectivity index (χ4v) is 3.23. The summed E-state index contributed by atoms with van der Waals surface area (Å²) in [5.74, 6) is 0.113. The number of amides is 1. The van der Waals surface area contributed by atoms with Crippen LogP contribution in [0.1, 0.15) is 5.56 Å². The molecule has 5 nitrogen and oxygen atoms in total. The van der Waals surface area contributed by atoms with Crippen molar-refractivity contribution in [1.82, 2.24) is 14.7 Å². The van der Waals surface area contributed by atoms with Gasteiger partial charge in [-0.3, -0.25) is 14.6 Å². The van der Waals surface area contributed by atoms with Gasteiger partial charge in [0.1, 0.15) is 6.04 Å². The Kier molecular flexibility index (Phi) is 4.31. The van der Waals surface area contributed by atoms with E-state index in [4.69, 9.17) is 4.74 Å². The SMILES string of the molecule is COc1ccc(CN2CCN3CCN(C)C(=O)[C@H]3C2)cc1F. The standard InChI is InChI=1S/C16H22FN3O2/c1-18-5-7-20-8-6-19(11-14(20)16(18)21)10-12-3-4-15(22-2)13(17)9-12/h3-4,9,14H,5-8,10-11H2,1-2H3/t14-/m1/s1. The molecule has 2 heterocycles. The lowest BCUT2D eigenvalue weighted by atomic mass is 10.1. The van der Waals surface area contributed by atoms with Gasteiger partial charge in [0.05, 0.1) is 7.11 Å². The highest BCUT2D eigenvalue weighted by atomic mass is 19.1. The van der Waals surface area contributed by atoms with E-state index in [0.717, 1.165) is 31.7 Å². The number of hydrogen-bond donors (Lipinski definition) is 0. The van der Waals surface area contributed by atoms with Crippen LogP contribution in [0.3, 0.4) is 0 Å². The zero-order chi connectivity index (χ0) is 15.7. The lowest BCUT2D eigenvalue weighted by molar-refractivity contribution is -0.143. The van der Waals surface area contributed by atoms with Gasteiger partial charge in [0.2, 0.25) is 5.91 Å². The number of methoxy groups -OCH3 is 1. The number of rotatable bonds is 3. The normalized spacial score (nSPS) is 23.5. The molecule has 0 saturated carbocycles. The summed E-state index contributed by atoms with van der Waals surface area (Å²) < 4.78 is 18.7. The summed E-state index contributed by atoms with van der Waals surface area (Å²) >= 11 is 0. The van der Waals surface area contributed by atoms with Crippen molar-refractivity contribution < 1.29 is 13.9 Å². The maximum atomic E-state index is 13.8. The summed E-state index contributed by atoms with van der Waals surface area (Å²) in [6.07, 6.45) is 0. The Morgan fingerprint density at radius 2 is 2.05 bits per heavy atom. The smallest absolute Gasteiger partial charge is 0.241 e. The van der Waals surface area contributed by atoms with Crippen LogP contribution < -0.4 is 4.74 Å². The summed E-state index contributed by atoms with van der Waals surface area (Å²) in [6.45, 7) is 4.90. The monoisotopic (exact) mass is 307 g/mol. The highest BCUT2D eigenvalue weighted by Crippen LogP contribution is 2.21. The van der Waals surface area contributed by atoms with Crippen molar-refractivity contribution in [2.75, 3.05) is 46.9 Å². The summed E-state index contributed by atoms with van der Waals surface area (Å²) in [5, 5.41) is 0. The summed E-state index contributed by atoms with van der Waals surface area (Å²) in [6, 6.07) is 4.99. The number of benzene rings is 1. The molecule has 1 atom stereocenters. The van der Waals surface area contributed by atoms with Gasteiger partial charge in [0.25, 0.3) is 0 Å². The number of likely N-dealkylation sites (N-methyl/N-ethyl adjacent to an activating group) is 1. The van der Waals surface area contributed by atoms with Crippen LogP contribution in [0.15, 0.2) is 18.2 Å². The number of ether oxygens (including phenoxy) is 1. The van der Waals surface area contributed by atoms with E-state index in [2.05, 4.69) is 9.80 Å². The highest BCUT2D eigenvalue weighted by molar-refractivity contribution is 5.82. The molecule has 3 rings (SSSR count). The quantitative estimate of drug-likeness (QED) is 0.827. The van der Waals surface area contributed by atoms with E-state index in [1.165, 1.54) is 13.2 Å². The molecule has 0 unspecified atom stereocenters. The van der Waals surface area contributed by atoms with Gasteiger partial charge in [-0.05, 0) is 17.7 Å². The first-order valence-electron chi connectivity index (χ1n) is 7.62. The van der Waals surface area contributed by atoms with Gasteiger partial charge in [-0.2, -0.15) is 0 Å². The van der Waals surface area contributed by atoms with E-state index in [0.29, 0.717) is 13.1 Å². The van der Waals surface area contributed by atoms with Crippen molar-refractivity contribution in [3.63, 3.8) is 0 Å². The maximum Gasteiger partial charge on any atom is 0.241 e. The Morgan fingerprint density at radius 1 is 1.27 bits per heavy atom. The van der Waals surface area contributed by atoms with Crippen LogP contribution in [0.5, 0.6) is 5.75 Å². The topological polar surface area (TPSA) is 36.0 Å². The molecule has 22 heavy (non-hydrogen) atoms. The molecule has 2 aliphatic rings. The van der Waals surface area contributed by atoms with Gasteiger partial charge in [0, 0.05) is 46.3 Å². The van der Waals surface area contributed by atoms with E-state index in [1.54, 1.807) is 11.0 Å². The van der Waals surface area contributed by atoms with E-state index in [-0.39, 0.29) is 23.5 Å². The van der Waals surface area contributed by atoms with Gasteiger partial charge in [-0.15, -0.1) is 0 Å².